The fourth-order valence-corrected chi connectivity index (χ4v) is 4.40. The number of halogens is 1. The topological polar surface area (TPSA) is 46.2 Å². The first-order valence-electron chi connectivity index (χ1n) is 6.25. The molecule has 1 fully saturated rings. The SMILES string of the molecule is CC(NS(=O)(=O)C1CCCC1)c1ccc(Br)cc1. The van der Waals surface area contributed by atoms with Gasteiger partial charge in [0.2, 0.25) is 10.0 Å². The van der Waals surface area contributed by atoms with Crippen molar-refractivity contribution in [3.05, 3.63) is 34.3 Å². The monoisotopic (exact) mass is 331 g/mol. The van der Waals surface area contributed by atoms with Crippen LogP contribution in [0.3, 0.4) is 0 Å². The summed E-state index contributed by atoms with van der Waals surface area (Å²) in [6, 6.07) is 7.55. The van der Waals surface area contributed by atoms with Crippen LogP contribution in [0.4, 0.5) is 0 Å². The smallest absolute Gasteiger partial charge is 0.212 e. The van der Waals surface area contributed by atoms with Crippen LogP contribution in [0.5, 0.6) is 0 Å². The Morgan fingerprint density at radius 1 is 1.22 bits per heavy atom. The van der Waals surface area contributed by atoms with Gasteiger partial charge in [0.05, 0.1) is 5.25 Å². The summed E-state index contributed by atoms with van der Waals surface area (Å²) in [6.45, 7) is 1.88. The molecule has 0 aromatic heterocycles. The predicted octanol–water partition coefficient (Wildman–Crippen LogP) is 3.37. The van der Waals surface area contributed by atoms with Gasteiger partial charge in [-0.25, -0.2) is 13.1 Å². The highest BCUT2D eigenvalue weighted by molar-refractivity contribution is 9.10. The fourth-order valence-electron chi connectivity index (χ4n) is 2.36. The van der Waals surface area contributed by atoms with Crippen molar-refractivity contribution in [2.45, 2.75) is 43.9 Å². The van der Waals surface area contributed by atoms with E-state index in [9.17, 15) is 8.42 Å². The van der Waals surface area contributed by atoms with Gasteiger partial charge in [-0.1, -0.05) is 40.9 Å². The summed E-state index contributed by atoms with van der Waals surface area (Å²) in [5, 5.41) is -0.199. The van der Waals surface area contributed by atoms with Crippen molar-refractivity contribution >= 4 is 26.0 Å². The van der Waals surface area contributed by atoms with Gasteiger partial charge in [-0.3, -0.25) is 0 Å². The van der Waals surface area contributed by atoms with Crippen LogP contribution >= 0.6 is 15.9 Å². The second-order valence-electron chi connectivity index (χ2n) is 4.84. The Hall–Kier alpha value is -0.390. The Bertz CT molecular complexity index is 492. The van der Waals surface area contributed by atoms with Crippen LogP contribution in [0.2, 0.25) is 0 Å². The zero-order chi connectivity index (χ0) is 13.2. The third-order valence-electron chi connectivity index (χ3n) is 3.45. The first kappa shape index (κ1) is 14.0. The highest BCUT2D eigenvalue weighted by Gasteiger charge is 2.29. The highest BCUT2D eigenvalue weighted by atomic mass is 79.9. The maximum absolute atomic E-state index is 12.2. The Morgan fingerprint density at radius 2 is 1.78 bits per heavy atom. The summed E-state index contributed by atoms with van der Waals surface area (Å²) >= 11 is 3.37. The molecule has 0 aliphatic heterocycles. The van der Waals surface area contributed by atoms with Crippen molar-refractivity contribution in [2.24, 2.45) is 0 Å². The van der Waals surface area contributed by atoms with Crippen LogP contribution in [-0.4, -0.2) is 13.7 Å². The summed E-state index contributed by atoms with van der Waals surface area (Å²) in [7, 11) is -3.18. The second kappa shape index (κ2) is 5.72. The molecule has 1 aliphatic carbocycles. The molecule has 0 radical (unpaired) electrons. The van der Waals surface area contributed by atoms with Gasteiger partial charge in [0.15, 0.2) is 0 Å². The van der Waals surface area contributed by atoms with Crippen LogP contribution < -0.4 is 4.72 Å². The lowest BCUT2D eigenvalue weighted by molar-refractivity contribution is 0.550. The zero-order valence-electron chi connectivity index (χ0n) is 10.4. The molecule has 0 spiro atoms. The quantitative estimate of drug-likeness (QED) is 0.919. The molecule has 18 heavy (non-hydrogen) atoms. The number of sulfonamides is 1. The molecule has 1 atom stereocenters. The Labute approximate surface area is 117 Å². The van der Waals surface area contributed by atoms with Gasteiger partial charge in [-0.05, 0) is 37.5 Å². The van der Waals surface area contributed by atoms with Gasteiger partial charge in [0.25, 0.3) is 0 Å². The third kappa shape index (κ3) is 3.33. The van der Waals surface area contributed by atoms with Crippen molar-refractivity contribution in [2.75, 3.05) is 0 Å². The van der Waals surface area contributed by atoms with E-state index in [0.29, 0.717) is 0 Å². The number of hydrogen-bond donors (Lipinski definition) is 1. The van der Waals surface area contributed by atoms with Crippen molar-refractivity contribution < 1.29 is 8.42 Å². The van der Waals surface area contributed by atoms with Gasteiger partial charge in [0.1, 0.15) is 0 Å². The van der Waals surface area contributed by atoms with E-state index in [1.54, 1.807) is 0 Å². The van der Waals surface area contributed by atoms with E-state index in [1.165, 1.54) is 0 Å². The van der Waals surface area contributed by atoms with Crippen molar-refractivity contribution in [1.82, 2.24) is 4.72 Å². The molecule has 1 aromatic rings. The molecule has 1 aliphatic rings. The Kier molecular flexibility index (Phi) is 4.45. The molecular formula is C13H18BrNO2S. The first-order chi connectivity index (χ1) is 8.49. The van der Waals surface area contributed by atoms with E-state index in [0.717, 1.165) is 35.7 Å². The maximum atomic E-state index is 12.2. The van der Waals surface area contributed by atoms with E-state index in [2.05, 4.69) is 20.7 Å². The van der Waals surface area contributed by atoms with Crippen molar-refractivity contribution in [1.29, 1.82) is 0 Å². The minimum Gasteiger partial charge on any atom is -0.212 e. The summed E-state index contributed by atoms with van der Waals surface area (Å²) in [5.41, 5.74) is 0.986. The number of nitrogens with one attached hydrogen (secondary N) is 1. The summed E-state index contributed by atoms with van der Waals surface area (Å²) in [4.78, 5) is 0. The molecular weight excluding hydrogens is 314 g/mol. The van der Waals surface area contributed by atoms with Crippen LogP contribution in [-0.2, 0) is 10.0 Å². The van der Waals surface area contributed by atoms with E-state index < -0.39 is 10.0 Å². The van der Waals surface area contributed by atoms with E-state index >= 15 is 0 Å². The number of hydrogen-bond acceptors (Lipinski definition) is 2. The van der Waals surface area contributed by atoms with Gasteiger partial charge < -0.3 is 0 Å². The molecule has 3 nitrogen and oxygen atoms in total. The molecule has 1 saturated carbocycles. The van der Waals surface area contributed by atoms with Gasteiger partial charge >= 0.3 is 0 Å². The molecule has 0 amide bonds. The summed E-state index contributed by atoms with van der Waals surface area (Å²) in [6.07, 6.45) is 3.64. The number of rotatable bonds is 4. The van der Waals surface area contributed by atoms with E-state index in [-0.39, 0.29) is 11.3 Å². The van der Waals surface area contributed by atoms with Gasteiger partial charge in [-0.2, -0.15) is 0 Å². The lowest BCUT2D eigenvalue weighted by atomic mass is 10.1. The van der Waals surface area contributed by atoms with E-state index in [4.69, 9.17) is 0 Å². The molecule has 0 heterocycles. The minimum absolute atomic E-state index is 0.177. The molecule has 1 N–H and O–H groups in total. The normalized spacial score (nSPS) is 19.0. The molecule has 1 aromatic carbocycles. The molecule has 2 rings (SSSR count). The number of benzene rings is 1. The molecule has 100 valence electrons. The second-order valence-corrected chi connectivity index (χ2v) is 7.75. The molecule has 0 saturated heterocycles. The van der Waals surface area contributed by atoms with Crippen LogP contribution in [0.1, 0.15) is 44.2 Å². The Morgan fingerprint density at radius 3 is 2.33 bits per heavy atom. The lowest BCUT2D eigenvalue weighted by Gasteiger charge is -2.18. The zero-order valence-corrected chi connectivity index (χ0v) is 12.8. The lowest BCUT2D eigenvalue weighted by Crippen LogP contribution is -2.34. The van der Waals surface area contributed by atoms with Crippen molar-refractivity contribution in [3.63, 3.8) is 0 Å². The summed E-state index contributed by atoms with van der Waals surface area (Å²) in [5.74, 6) is 0. The average molecular weight is 332 g/mol. The molecule has 1 unspecified atom stereocenters. The van der Waals surface area contributed by atoms with Crippen molar-refractivity contribution in [3.8, 4) is 0 Å². The Balaban J connectivity index is 2.06. The average Bonchev–Trinajstić information content (AvgIpc) is 2.83. The third-order valence-corrected chi connectivity index (χ3v) is 6.01. The minimum atomic E-state index is -3.18. The molecule has 5 heteroatoms. The standard InChI is InChI=1S/C13H18BrNO2S/c1-10(11-6-8-12(14)9-7-11)15-18(16,17)13-4-2-3-5-13/h6-10,13,15H,2-5H2,1H3. The predicted molar refractivity (Wildman–Crippen MR) is 76.9 cm³/mol. The van der Waals surface area contributed by atoms with E-state index in [1.807, 2.05) is 31.2 Å². The van der Waals surface area contributed by atoms with Gasteiger partial charge in [0, 0.05) is 10.5 Å². The fraction of sp³-hybridized carbons (Fsp3) is 0.538. The maximum Gasteiger partial charge on any atom is 0.215 e. The molecule has 0 bridgehead atoms. The highest BCUT2D eigenvalue weighted by Crippen LogP contribution is 2.26. The first-order valence-corrected chi connectivity index (χ1v) is 8.59. The van der Waals surface area contributed by atoms with Crippen LogP contribution in [0, 0.1) is 0 Å². The van der Waals surface area contributed by atoms with Crippen LogP contribution in [0.25, 0.3) is 0 Å². The van der Waals surface area contributed by atoms with Gasteiger partial charge in [-0.15, -0.1) is 0 Å². The largest absolute Gasteiger partial charge is 0.215 e. The van der Waals surface area contributed by atoms with Crippen LogP contribution in [0.15, 0.2) is 28.7 Å². The summed E-state index contributed by atoms with van der Waals surface area (Å²) < 4.78 is 28.1.